The number of carbonyl (C=O) groups excluding carboxylic acids is 1. The van der Waals surface area contributed by atoms with Crippen LogP contribution in [0.25, 0.3) is 0 Å². The topological polar surface area (TPSA) is 38.3 Å². The molecule has 3 rings (SSSR count). The number of anilines is 1. The van der Waals surface area contributed by atoms with E-state index < -0.39 is 0 Å². The number of hydrogen-bond donors (Lipinski definition) is 1. The van der Waals surface area contributed by atoms with E-state index in [2.05, 4.69) is 24.4 Å². The number of hydrogen-bond acceptors (Lipinski definition) is 2. The lowest BCUT2D eigenvalue weighted by molar-refractivity contribution is -0.121. The first-order chi connectivity index (χ1) is 10.8. The number of fused-ring (bicyclic) bond motifs is 1. The molecule has 1 aliphatic rings. The molecule has 0 saturated heterocycles. The summed E-state index contributed by atoms with van der Waals surface area (Å²) in [6.07, 6.45) is 2.93. The van der Waals surface area contributed by atoms with Crippen molar-refractivity contribution in [3.8, 4) is 5.75 Å². The fourth-order valence-electron chi connectivity index (χ4n) is 2.78. The van der Waals surface area contributed by atoms with Gasteiger partial charge in [0, 0.05) is 5.69 Å². The van der Waals surface area contributed by atoms with Crippen LogP contribution in [0.2, 0.25) is 0 Å². The number of para-hydroxylation sites is 1. The number of amides is 1. The molecule has 1 heterocycles. The molecule has 1 aliphatic heterocycles. The second-order valence-electron chi connectivity index (χ2n) is 5.76. The van der Waals surface area contributed by atoms with Crippen molar-refractivity contribution < 1.29 is 9.53 Å². The molecule has 114 valence electrons. The van der Waals surface area contributed by atoms with E-state index in [-0.39, 0.29) is 11.8 Å². The van der Waals surface area contributed by atoms with E-state index in [4.69, 9.17) is 4.74 Å². The summed E-state index contributed by atoms with van der Waals surface area (Å²) >= 11 is 0. The van der Waals surface area contributed by atoms with E-state index in [1.165, 1.54) is 5.56 Å². The van der Waals surface area contributed by atoms with Crippen molar-refractivity contribution in [1.29, 1.82) is 0 Å². The van der Waals surface area contributed by atoms with Gasteiger partial charge in [0.25, 0.3) is 0 Å². The monoisotopic (exact) mass is 295 g/mol. The predicted molar refractivity (Wildman–Crippen MR) is 88.2 cm³/mol. The van der Waals surface area contributed by atoms with Crippen LogP contribution in [0.5, 0.6) is 5.75 Å². The highest BCUT2D eigenvalue weighted by Gasteiger charge is 2.25. The first kappa shape index (κ1) is 14.6. The number of carbonyl (C=O) groups is 1. The average Bonchev–Trinajstić information content (AvgIpc) is 2.56. The van der Waals surface area contributed by atoms with Crippen molar-refractivity contribution in [2.75, 3.05) is 11.9 Å². The summed E-state index contributed by atoms with van der Waals surface area (Å²) in [7, 11) is 0. The highest BCUT2D eigenvalue weighted by atomic mass is 16.5. The van der Waals surface area contributed by atoms with Crippen LogP contribution in [-0.4, -0.2) is 12.5 Å². The van der Waals surface area contributed by atoms with Gasteiger partial charge in [-0.1, -0.05) is 43.7 Å². The Labute approximate surface area is 131 Å². The maximum atomic E-state index is 12.4. The van der Waals surface area contributed by atoms with E-state index >= 15 is 0 Å². The molecule has 1 unspecified atom stereocenters. The zero-order chi connectivity index (χ0) is 15.4. The lowest BCUT2D eigenvalue weighted by Crippen LogP contribution is -2.32. The molecule has 2 aromatic rings. The van der Waals surface area contributed by atoms with Gasteiger partial charge in [-0.25, -0.2) is 0 Å². The fourth-order valence-corrected chi connectivity index (χ4v) is 2.78. The molecule has 3 heteroatoms. The van der Waals surface area contributed by atoms with Gasteiger partial charge in [0.15, 0.2) is 0 Å². The maximum Gasteiger partial charge on any atom is 0.231 e. The standard InChI is InChI=1S/C19H21NO2/c1-2-5-14-8-10-17(11-9-14)20-19(21)16-12-15-6-3-4-7-18(15)22-13-16/h3-4,6-11,16H,2,5,12-13H2,1H3,(H,20,21). The lowest BCUT2D eigenvalue weighted by atomic mass is 9.96. The van der Waals surface area contributed by atoms with Gasteiger partial charge in [0.2, 0.25) is 5.91 Å². The summed E-state index contributed by atoms with van der Waals surface area (Å²) in [4.78, 5) is 12.4. The summed E-state index contributed by atoms with van der Waals surface area (Å²) in [6.45, 7) is 2.60. The molecular weight excluding hydrogens is 274 g/mol. The van der Waals surface area contributed by atoms with Crippen LogP contribution in [0.4, 0.5) is 5.69 Å². The molecule has 1 atom stereocenters. The Morgan fingerprint density at radius 3 is 2.73 bits per heavy atom. The molecule has 1 amide bonds. The number of ether oxygens (including phenoxy) is 1. The van der Waals surface area contributed by atoms with Gasteiger partial charge in [-0.3, -0.25) is 4.79 Å². The molecule has 0 aromatic heterocycles. The zero-order valence-electron chi connectivity index (χ0n) is 12.8. The van der Waals surface area contributed by atoms with E-state index in [1.54, 1.807) is 0 Å². The third kappa shape index (κ3) is 3.30. The first-order valence-corrected chi connectivity index (χ1v) is 7.87. The van der Waals surface area contributed by atoms with Crippen molar-refractivity contribution in [3.05, 3.63) is 59.7 Å². The number of aryl methyl sites for hydroxylation is 1. The van der Waals surface area contributed by atoms with Crippen molar-refractivity contribution in [2.24, 2.45) is 5.92 Å². The Hall–Kier alpha value is -2.29. The van der Waals surface area contributed by atoms with Crippen LogP contribution in [0.15, 0.2) is 48.5 Å². The highest BCUT2D eigenvalue weighted by Crippen LogP contribution is 2.27. The molecule has 1 N–H and O–H groups in total. The minimum atomic E-state index is -0.134. The molecule has 0 saturated carbocycles. The van der Waals surface area contributed by atoms with Gasteiger partial charge in [0.1, 0.15) is 12.4 Å². The maximum absolute atomic E-state index is 12.4. The van der Waals surface area contributed by atoms with Crippen molar-refractivity contribution >= 4 is 11.6 Å². The van der Waals surface area contributed by atoms with E-state index in [1.807, 2.05) is 36.4 Å². The van der Waals surface area contributed by atoms with Crippen LogP contribution in [0.1, 0.15) is 24.5 Å². The second kappa shape index (κ2) is 6.65. The number of benzene rings is 2. The molecule has 0 spiro atoms. The van der Waals surface area contributed by atoms with Crippen LogP contribution in [-0.2, 0) is 17.6 Å². The van der Waals surface area contributed by atoms with Crippen LogP contribution < -0.4 is 10.1 Å². The summed E-state index contributed by atoms with van der Waals surface area (Å²) in [5, 5.41) is 2.99. The SMILES string of the molecule is CCCc1ccc(NC(=O)C2COc3ccccc3C2)cc1. The molecule has 0 fully saturated rings. The zero-order valence-corrected chi connectivity index (χ0v) is 12.8. The summed E-state index contributed by atoms with van der Waals surface area (Å²) in [5.74, 6) is 0.790. The van der Waals surface area contributed by atoms with Crippen LogP contribution >= 0.6 is 0 Å². The summed E-state index contributed by atoms with van der Waals surface area (Å²) in [6, 6.07) is 16.0. The van der Waals surface area contributed by atoms with Crippen molar-refractivity contribution in [2.45, 2.75) is 26.2 Å². The van der Waals surface area contributed by atoms with Crippen LogP contribution in [0, 0.1) is 5.92 Å². The minimum Gasteiger partial charge on any atom is -0.492 e. The van der Waals surface area contributed by atoms with Crippen LogP contribution in [0.3, 0.4) is 0 Å². The molecule has 0 aliphatic carbocycles. The third-order valence-electron chi connectivity index (χ3n) is 4.01. The predicted octanol–water partition coefficient (Wildman–Crippen LogP) is 3.83. The Kier molecular flexibility index (Phi) is 4.42. The average molecular weight is 295 g/mol. The van der Waals surface area contributed by atoms with Gasteiger partial charge < -0.3 is 10.1 Å². The number of rotatable bonds is 4. The van der Waals surface area contributed by atoms with Gasteiger partial charge in [-0.2, -0.15) is 0 Å². The Morgan fingerprint density at radius 1 is 1.18 bits per heavy atom. The Morgan fingerprint density at radius 2 is 1.95 bits per heavy atom. The molecule has 22 heavy (non-hydrogen) atoms. The quantitative estimate of drug-likeness (QED) is 0.931. The van der Waals surface area contributed by atoms with Crippen molar-refractivity contribution in [3.63, 3.8) is 0 Å². The van der Waals surface area contributed by atoms with E-state index in [0.717, 1.165) is 36.3 Å². The van der Waals surface area contributed by atoms with Gasteiger partial charge >= 0.3 is 0 Å². The van der Waals surface area contributed by atoms with Gasteiger partial charge in [-0.05, 0) is 42.2 Å². The van der Waals surface area contributed by atoms with E-state index in [0.29, 0.717) is 6.61 Å². The fraction of sp³-hybridized carbons (Fsp3) is 0.316. The highest BCUT2D eigenvalue weighted by molar-refractivity contribution is 5.93. The van der Waals surface area contributed by atoms with Gasteiger partial charge in [-0.15, -0.1) is 0 Å². The smallest absolute Gasteiger partial charge is 0.231 e. The Bertz CT molecular complexity index is 649. The van der Waals surface area contributed by atoms with E-state index in [9.17, 15) is 4.79 Å². The second-order valence-corrected chi connectivity index (χ2v) is 5.76. The molecule has 2 aromatic carbocycles. The molecular formula is C19H21NO2. The van der Waals surface area contributed by atoms with Crippen molar-refractivity contribution in [1.82, 2.24) is 0 Å². The van der Waals surface area contributed by atoms with Gasteiger partial charge in [0.05, 0.1) is 5.92 Å². The molecule has 3 nitrogen and oxygen atoms in total. The Balaban J connectivity index is 1.63. The minimum absolute atomic E-state index is 0.0257. The number of nitrogens with one attached hydrogen (secondary N) is 1. The summed E-state index contributed by atoms with van der Waals surface area (Å²) in [5.41, 5.74) is 3.26. The third-order valence-corrected chi connectivity index (χ3v) is 4.01. The normalized spacial score (nSPS) is 16.5. The first-order valence-electron chi connectivity index (χ1n) is 7.87. The summed E-state index contributed by atoms with van der Waals surface area (Å²) < 4.78 is 5.69. The molecule has 0 radical (unpaired) electrons. The largest absolute Gasteiger partial charge is 0.492 e. The lowest BCUT2D eigenvalue weighted by Gasteiger charge is -2.24. The molecule has 0 bridgehead atoms.